The average Bonchev–Trinajstić information content (AvgIpc) is 2.97. The minimum atomic E-state index is -0.407. The Morgan fingerprint density at radius 1 is 1.38 bits per heavy atom. The number of anilines is 1. The maximum atomic E-state index is 13.8. The van der Waals surface area contributed by atoms with E-state index in [-0.39, 0.29) is 17.0 Å². The number of ketones is 1. The van der Waals surface area contributed by atoms with Gasteiger partial charge in [0.25, 0.3) is 0 Å². The second-order valence-electron chi connectivity index (χ2n) is 7.40. The Labute approximate surface area is 163 Å². The fraction of sp³-hybridized carbons (Fsp3) is 0.389. The Hall–Kier alpha value is -1.67. The molecular weight excluding hydrogens is 419 g/mol. The van der Waals surface area contributed by atoms with Crippen molar-refractivity contribution in [2.45, 2.75) is 37.9 Å². The van der Waals surface area contributed by atoms with Gasteiger partial charge in [0.1, 0.15) is 11.9 Å². The molecule has 0 radical (unpaired) electrons. The van der Waals surface area contributed by atoms with Gasteiger partial charge in [-0.1, -0.05) is 31.7 Å². The van der Waals surface area contributed by atoms with Gasteiger partial charge in [0, 0.05) is 17.7 Å². The van der Waals surface area contributed by atoms with Crippen molar-refractivity contribution < 1.29 is 9.18 Å². The summed E-state index contributed by atoms with van der Waals surface area (Å²) in [7, 11) is 0. The third-order valence-electron chi connectivity index (χ3n) is 4.75. The molecular formula is C18H18BrFN4OS. The second-order valence-corrected chi connectivity index (χ2v) is 9.03. The quantitative estimate of drug-likeness (QED) is 0.699. The Kier molecular flexibility index (Phi) is 4.23. The fourth-order valence-corrected chi connectivity index (χ4v) is 4.41. The number of rotatable bonds is 2. The zero-order valence-corrected chi connectivity index (χ0v) is 17.0. The molecule has 0 fully saturated rings. The molecule has 1 aromatic carbocycles. The van der Waals surface area contributed by atoms with Crippen LogP contribution in [0.15, 0.2) is 39.1 Å². The lowest BCUT2D eigenvalue weighted by Gasteiger charge is -2.38. The molecule has 5 nitrogen and oxygen atoms in total. The van der Waals surface area contributed by atoms with E-state index < -0.39 is 6.04 Å². The lowest BCUT2D eigenvalue weighted by Crippen LogP contribution is -2.36. The van der Waals surface area contributed by atoms with Crippen molar-refractivity contribution in [2.24, 2.45) is 5.41 Å². The number of benzene rings is 1. The summed E-state index contributed by atoms with van der Waals surface area (Å²) in [5, 5.41) is 8.50. The van der Waals surface area contributed by atoms with Crippen LogP contribution in [0.1, 0.15) is 38.3 Å². The van der Waals surface area contributed by atoms with Crippen molar-refractivity contribution in [3.05, 3.63) is 45.3 Å². The van der Waals surface area contributed by atoms with Crippen LogP contribution in [0.2, 0.25) is 0 Å². The maximum absolute atomic E-state index is 13.8. The van der Waals surface area contributed by atoms with E-state index in [1.165, 1.54) is 17.8 Å². The van der Waals surface area contributed by atoms with Gasteiger partial charge in [-0.15, -0.1) is 5.10 Å². The van der Waals surface area contributed by atoms with Crippen LogP contribution < -0.4 is 5.32 Å². The van der Waals surface area contributed by atoms with E-state index >= 15 is 0 Å². The van der Waals surface area contributed by atoms with Gasteiger partial charge in [-0.25, -0.2) is 9.07 Å². The van der Waals surface area contributed by atoms with Crippen molar-refractivity contribution >= 4 is 39.4 Å². The van der Waals surface area contributed by atoms with Crippen molar-refractivity contribution in [3.63, 3.8) is 0 Å². The van der Waals surface area contributed by atoms with E-state index in [9.17, 15) is 9.18 Å². The number of aromatic nitrogens is 3. The summed E-state index contributed by atoms with van der Waals surface area (Å²) in [5.41, 5.74) is 2.29. The van der Waals surface area contributed by atoms with E-state index in [2.05, 4.69) is 45.2 Å². The lowest BCUT2D eigenvalue weighted by molar-refractivity contribution is -0.118. The van der Waals surface area contributed by atoms with Crippen LogP contribution >= 0.6 is 27.7 Å². The second kappa shape index (κ2) is 6.20. The summed E-state index contributed by atoms with van der Waals surface area (Å²) in [5.74, 6) is 0.377. The Balaban J connectivity index is 1.92. The number of fused-ring (bicyclic) bond motifs is 1. The molecule has 0 bridgehead atoms. The number of carbonyl (C=O) groups excluding carboxylic acids is 1. The van der Waals surface area contributed by atoms with Crippen LogP contribution in [-0.2, 0) is 4.79 Å². The minimum Gasteiger partial charge on any atom is -0.328 e. The van der Waals surface area contributed by atoms with Crippen LogP contribution in [0.4, 0.5) is 10.3 Å². The number of halogens is 2. The summed E-state index contributed by atoms with van der Waals surface area (Å²) in [6.07, 6.45) is 3.15. The molecule has 26 heavy (non-hydrogen) atoms. The number of hydrogen-bond acceptors (Lipinski definition) is 5. The first-order chi connectivity index (χ1) is 12.3. The van der Waals surface area contributed by atoms with Crippen molar-refractivity contribution in [1.29, 1.82) is 0 Å². The van der Waals surface area contributed by atoms with E-state index in [0.717, 1.165) is 17.7 Å². The predicted octanol–water partition coefficient (Wildman–Crippen LogP) is 4.56. The van der Waals surface area contributed by atoms with E-state index in [0.29, 0.717) is 27.6 Å². The number of allylic oxidation sites excluding steroid dienone is 2. The SMILES string of the molecule is CSc1nc2n(n1)C(c1ccc(F)c(Br)c1)C1=C(CC(C)(C)CC1=O)N2. The van der Waals surface area contributed by atoms with Gasteiger partial charge in [-0.2, -0.15) is 4.98 Å². The van der Waals surface area contributed by atoms with E-state index in [4.69, 9.17) is 0 Å². The smallest absolute Gasteiger partial charge is 0.227 e. The molecule has 2 heterocycles. The Bertz CT molecular complexity index is 953. The van der Waals surface area contributed by atoms with E-state index in [1.807, 2.05) is 6.26 Å². The fourth-order valence-electron chi connectivity index (χ4n) is 3.67. The zero-order valence-electron chi connectivity index (χ0n) is 14.6. The lowest BCUT2D eigenvalue weighted by atomic mass is 9.73. The molecule has 2 aliphatic rings. The highest BCUT2D eigenvalue weighted by Gasteiger charge is 2.41. The summed E-state index contributed by atoms with van der Waals surface area (Å²) in [6.45, 7) is 4.18. The van der Waals surface area contributed by atoms with Crippen molar-refractivity contribution in [2.75, 3.05) is 11.6 Å². The number of hydrogen-bond donors (Lipinski definition) is 1. The highest BCUT2D eigenvalue weighted by molar-refractivity contribution is 9.10. The first-order valence-electron chi connectivity index (χ1n) is 8.28. The molecule has 8 heteroatoms. The molecule has 0 spiro atoms. The Morgan fingerprint density at radius 2 is 2.15 bits per heavy atom. The van der Waals surface area contributed by atoms with Crippen molar-refractivity contribution in [3.8, 4) is 0 Å². The third kappa shape index (κ3) is 2.89. The third-order valence-corrected chi connectivity index (χ3v) is 5.90. The minimum absolute atomic E-state index is 0.0982. The Morgan fingerprint density at radius 3 is 2.85 bits per heavy atom. The number of carbonyl (C=O) groups is 1. The summed E-state index contributed by atoms with van der Waals surface area (Å²) in [6, 6.07) is 4.42. The van der Waals surface area contributed by atoms with Gasteiger partial charge in [0.05, 0.1) is 4.47 Å². The topological polar surface area (TPSA) is 59.8 Å². The normalized spacial score (nSPS) is 21.3. The molecule has 1 unspecified atom stereocenters. The van der Waals surface area contributed by atoms with Crippen LogP contribution in [0, 0.1) is 11.2 Å². The van der Waals surface area contributed by atoms with Crippen LogP contribution in [-0.4, -0.2) is 26.8 Å². The van der Waals surface area contributed by atoms with Crippen molar-refractivity contribution in [1.82, 2.24) is 14.8 Å². The highest BCUT2D eigenvalue weighted by Crippen LogP contribution is 2.45. The first-order valence-corrected chi connectivity index (χ1v) is 10.3. The zero-order chi connectivity index (χ0) is 18.6. The monoisotopic (exact) mass is 436 g/mol. The number of nitrogens with zero attached hydrogens (tertiary/aromatic N) is 3. The molecule has 0 amide bonds. The van der Waals surface area contributed by atoms with Gasteiger partial charge in [-0.3, -0.25) is 4.79 Å². The largest absolute Gasteiger partial charge is 0.328 e. The molecule has 1 N–H and O–H groups in total. The number of Topliss-reactive ketones (excluding diaryl/α,β-unsaturated/α-hetero) is 1. The van der Waals surface area contributed by atoms with Gasteiger partial charge in [0.2, 0.25) is 11.1 Å². The van der Waals surface area contributed by atoms with Gasteiger partial charge < -0.3 is 5.32 Å². The summed E-state index contributed by atoms with van der Waals surface area (Å²) >= 11 is 4.69. The molecule has 2 aromatic rings. The number of nitrogens with one attached hydrogen (secondary N) is 1. The van der Waals surface area contributed by atoms with Gasteiger partial charge in [0.15, 0.2) is 5.78 Å². The highest BCUT2D eigenvalue weighted by atomic mass is 79.9. The molecule has 4 rings (SSSR count). The summed E-state index contributed by atoms with van der Waals surface area (Å²) in [4.78, 5) is 17.5. The van der Waals surface area contributed by atoms with Crippen LogP contribution in [0.25, 0.3) is 0 Å². The standard InChI is InChI=1S/C18H18BrFN4OS/c1-18(2)7-12-14(13(25)8-18)15(9-4-5-11(20)10(19)6-9)24-16(21-12)22-17(23-24)26-3/h4-6,15H,7-8H2,1-3H3,(H,21,22,23). The maximum Gasteiger partial charge on any atom is 0.227 e. The molecule has 0 saturated carbocycles. The molecule has 1 aliphatic carbocycles. The number of thioether (sulfide) groups is 1. The molecule has 1 aromatic heterocycles. The molecule has 0 saturated heterocycles. The summed E-state index contributed by atoms with van der Waals surface area (Å²) < 4.78 is 15.9. The van der Waals surface area contributed by atoms with Gasteiger partial charge in [-0.05, 0) is 51.7 Å². The molecule has 1 atom stereocenters. The van der Waals surface area contributed by atoms with Crippen LogP contribution in [0.3, 0.4) is 0 Å². The average molecular weight is 437 g/mol. The predicted molar refractivity (Wildman–Crippen MR) is 103 cm³/mol. The molecule has 136 valence electrons. The van der Waals surface area contributed by atoms with Crippen LogP contribution in [0.5, 0.6) is 0 Å². The molecule has 1 aliphatic heterocycles. The van der Waals surface area contributed by atoms with Gasteiger partial charge >= 0.3 is 0 Å². The van der Waals surface area contributed by atoms with E-state index in [1.54, 1.807) is 16.8 Å². The first kappa shape index (κ1) is 17.7.